The van der Waals surface area contributed by atoms with E-state index in [4.69, 9.17) is 13.9 Å². The van der Waals surface area contributed by atoms with Crippen LogP contribution in [0.1, 0.15) is 19.4 Å². The second-order valence-electron chi connectivity index (χ2n) is 9.67. The van der Waals surface area contributed by atoms with E-state index in [-0.39, 0.29) is 76.2 Å². The van der Waals surface area contributed by atoms with Crippen LogP contribution in [-0.4, -0.2) is 75.5 Å². The molecule has 0 aliphatic carbocycles. The lowest BCUT2D eigenvalue weighted by atomic mass is 10.0. The summed E-state index contributed by atoms with van der Waals surface area (Å²) in [7, 11) is -6.97. The number of hydrogen-bond donors (Lipinski definition) is 0. The van der Waals surface area contributed by atoms with E-state index in [2.05, 4.69) is 4.98 Å². The fraction of sp³-hybridized carbons (Fsp3) is 0.444. The summed E-state index contributed by atoms with van der Waals surface area (Å²) in [5, 5.41) is 0.380. The van der Waals surface area contributed by atoms with Gasteiger partial charge in [-0.25, -0.2) is 26.6 Å². The molecule has 0 N–H and O–H groups in total. The van der Waals surface area contributed by atoms with E-state index < -0.39 is 43.0 Å². The van der Waals surface area contributed by atoms with E-state index in [1.54, 1.807) is 13.8 Å². The molecule has 0 aliphatic heterocycles. The summed E-state index contributed by atoms with van der Waals surface area (Å²) in [4.78, 5) is 28.0. The fourth-order valence-electron chi connectivity index (χ4n) is 3.50. The van der Waals surface area contributed by atoms with Crippen molar-refractivity contribution >= 4 is 48.4 Å². The Kier molecular flexibility index (Phi) is 11.7. The summed E-state index contributed by atoms with van der Waals surface area (Å²) in [5.74, 6) is -1.44. The molecule has 0 radical (unpaired) electrons. The van der Waals surface area contributed by atoms with Crippen molar-refractivity contribution in [3.8, 4) is 17.0 Å². The van der Waals surface area contributed by atoms with Gasteiger partial charge in [-0.05, 0) is 23.8 Å². The number of benzene rings is 1. The predicted molar refractivity (Wildman–Crippen MR) is 157 cm³/mol. The minimum Gasteiger partial charge on any atom is -0.476 e. The van der Waals surface area contributed by atoms with Crippen molar-refractivity contribution < 1.29 is 48.7 Å². The molecule has 236 valence electrons. The van der Waals surface area contributed by atoms with Gasteiger partial charge in [-0.1, -0.05) is 26.0 Å². The van der Waals surface area contributed by atoms with Crippen molar-refractivity contribution in [2.24, 2.45) is 5.92 Å². The van der Waals surface area contributed by atoms with Crippen molar-refractivity contribution in [1.82, 2.24) is 4.98 Å². The highest BCUT2D eigenvalue weighted by atomic mass is 32.2. The minimum absolute atomic E-state index is 0.00628. The summed E-state index contributed by atoms with van der Waals surface area (Å²) in [6, 6.07) is 6.80. The predicted octanol–water partition coefficient (Wildman–Crippen LogP) is 4.01. The molecule has 0 spiro atoms. The number of halogens is 3. The number of sulfone groups is 2. The first-order valence-electron chi connectivity index (χ1n) is 13.0. The van der Waals surface area contributed by atoms with Crippen LogP contribution in [0, 0.1) is 5.92 Å². The first kappa shape index (κ1) is 34.4. The second kappa shape index (κ2) is 14.6. The molecule has 0 aliphatic rings. The topological polar surface area (TPSA) is 147 Å². The number of alkyl halides is 3. The van der Waals surface area contributed by atoms with Gasteiger partial charge in [0.05, 0.1) is 40.1 Å². The first-order valence-corrected chi connectivity index (χ1v) is 17.8. The number of fused-ring (bicyclic) bond motifs is 1. The lowest BCUT2D eigenvalue weighted by Gasteiger charge is -2.09. The maximum absolute atomic E-state index is 12.8. The number of thioether (sulfide) groups is 1. The van der Waals surface area contributed by atoms with Gasteiger partial charge in [-0.2, -0.15) is 24.9 Å². The third-order valence-electron chi connectivity index (χ3n) is 5.95. The summed E-state index contributed by atoms with van der Waals surface area (Å²) in [5.41, 5.74) is -1.26. The average molecular weight is 666 g/mol. The smallest absolute Gasteiger partial charge is 0.416 e. The van der Waals surface area contributed by atoms with E-state index in [1.807, 2.05) is 0 Å². The van der Waals surface area contributed by atoms with E-state index in [0.717, 1.165) is 12.1 Å². The summed E-state index contributed by atoms with van der Waals surface area (Å²) in [6.07, 6.45) is -3.18. The van der Waals surface area contributed by atoms with Crippen molar-refractivity contribution in [3.63, 3.8) is 0 Å². The van der Waals surface area contributed by atoms with Crippen LogP contribution in [0.15, 0.2) is 51.8 Å². The Morgan fingerprint density at radius 3 is 2.14 bits per heavy atom. The van der Waals surface area contributed by atoms with Crippen LogP contribution < -0.4 is 10.4 Å². The van der Waals surface area contributed by atoms with Gasteiger partial charge in [-0.15, -0.1) is 0 Å². The lowest BCUT2D eigenvalue weighted by molar-refractivity contribution is -0.146. The Morgan fingerprint density at radius 2 is 1.56 bits per heavy atom. The Labute approximate surface area is 250 Å². The molecule has 16 heteroatoms. The number of ether oxygens (including phenoxy) is 2. The highest BCUT2D eigenvalue weighted by molar-refractivity contribution is 8.01. The normalized spacial score (nSPS) is 12.5. The lowest BCUT2D eigenvalue weighted by Crippen LogP contribution is -2.21. The molecule has 43 heavy (non-hydrogen) atoms. The molecule has 0 atom stereocenters. The number of carbonyl (C=O) groups excluding carboxylic acids is 1. The van der Waals surface area contributed by atoms with Gasteiger partial charge in [0, 0.05) is 29.2 Å². The standard InChI is InChI=1S/C27H30F3NO9S3/c1-18(2)25(32)39-8-12-43(36,37)14-10-41-9-13-42(34,35)11-7-38-24-16-23-20(17-31-24)15-22(26(33)40-23)19-3-5-21(6-4-19)27(28,29)30/h3-6,15-18H,7-14H2,1-2H3. The SMILES string of the molecule is CC(C)C(=O)OCCS(=O)(=O)CCSCCS(=O)(=O)CCOc1cc2oc(=O)c(-c3ccc(C(F)(F)F)cc3)cc2cn1. The molecular weight excluding hydrogens is 635 g/mol. The largest absolute Gasteiger partial charge is 0.476 e. The van der Waals surface area contributed by atoms with Gasteiger partial charge < -0.3 is 13.9 Å². The van der Waals surface area contributed by atoms with Crippen molar-refractivity contribution in [2.45, 2.75) is 20.0 Å². The highest BCUT2D eigenvalue weighted by Gasteiger charge is 2.30. The minimum atomic E-state index is -4.51. The molecule has 0 bridgehead atoms. The Morgan fingerprint density at radius 1 is 0.953 bits per heavy atom. The molecule has 3 aromatic rings. The molecular formula is C27H30F3NO9S3. The number of hydrogen-bond acceptors (Lipinski definition) is 11. The van der Waals surface area contributed by atoms with E-state index in [9.17, 15) is 39.6 Å². The van der Waals surface area contributed by atoms with Crippen molar-refractivity contribution in [2.75, 3.05) is 47.7 Å². The third-order valence-corrected chi connectivity index (χ3v) is 10.7. The molecule has 0 amide bonds. The van der Waals surface area contributed by atoms with E-state index in [0.29, 0.717) is 5.39 Å². The van der Waals surface area contributed by atoms with Crippen LogP contribution in [-0.2, 0) is 35.4 Å². The van der Waals surface area contributed by atoms with E-state index in [1.165, 1.54) is 42.2 Å². The van der Waals surface area contributed by atoms with Crippen LogP contribution in [0.25, 0.3) is 22.1 Å². The van der Waals surface area contributed by atoms with Gasteiger partial charge in [0.25, 0.3) is 0 Å². The summed E-state index contributed by atoms with van der Waals surface area (Å²) < 4.78 is 103. The molecule has 0 saturated carbocycles. The molecule has 2 heterocycles. The van der Waals surface area contributed by atoms with Crippen LogP contribution in [0.2, 0.25) is 0 Å². The van der Waals surface area contributed by atoms with Gasteiger partial charge in [0.2, 0.25) is 5.88 Å². The Bertz CT molecular complexity index is 1690. The van der Waals surface area contributed by atoms with Gasteiger partial charge >= 0.3 is 17.8 Å². The maximum atomic E-state index is 12.8. The number of rotatable bonds is 15. The van der Waals surface area contributed by atoms with Gasteiger partial charge in [-0.3, -0.25) is 4.79 Å². The summed E-state index contributed by atoms with van der Waals surface area (Å²) in [6.45, 7) is 2.83. The fourth-order valence-corrected chi connectivity index (χ4v) is 7.76. The zero-order chi connectivity index (χ0) is 31.8. The van der Waals surface area contributed by atoms with Crippen LogP contribution >= 0.6 is 11.8 Å². The number of esters is 1. The zero-order valence-corrected chi connectivity index (χ0v) is 25.7. The molecule has 0 fully saturated rings. The van der Waals surface area contributed by atoms with Crippen LogP contribution in [0.3, 0.4) is 0 Å². The van der Waals surface area contributed by atoms with Crippen LogP contribution in [0.5, 0.6) is 5.88 Å². The first-order chi connectivity index (χ1) is 20.1. The monoisotopic (exact) mass is 665 g/mol. The number of pyridine rings is 1. The quantitative estimate of drug-likeness (QED) is 0.171. The summed E-state index contributed by atoms with van der Waals surface area (Å²) >= 11 is 1.17. The van der Waals surface area contributed by atoms with Gasteiger partial charge in [0.15, 0.2) is 19.7 Å². The highest BCUT2D eigenvalue weighted by Crippen LogP contribution is 2.31. The second-order valence-corrected chi connectivity index (χ2v) is 15.5. The zero-order valence-electron chi connectivity index (χ0n) is 23.3. The molecule has 0 unspecified atom stereocenters. The Balaban J connectivity index is 1.45. The van der Waals surface area contributed by atoms with Crippen molar-refractivity contribution in [1.29, 1.82) is 0 Å². The molecule has 3 rings (SSSR count). The van der Waals surface area contributed by atoms with Crippen molar-refractivity contribution in [3.05, 3.63) is 58.6 Å². The third kappa shape index (κ3) is 10.8. The molecule has 2 aromatic heterocycles. The maximum Gasteiger partial charge on any atom is 0.416 e. The van der Waals surface area contributed by atoms with E-state index >= 15 is 0 Å². The Hall–Kier alpha value is -3.11. The molecule has 1 aromatic carbocycles. The average Bonchev–Trinajstić information content (AvgIpc) is 2.91. The number of carbonyl (C=O) groups is 1. The molecule has 10 nitrogen and oxygen atoms in total. The van der Waals surface area contributed by atoms with Crippen LogP contribution in [0.4, 0.5) is 13.2 Å². The van der Waals surface area contributed by atoms with Gasteiger partial charge in [0.1, 0.15) is 18.8 Å². The number of aromatic nitrogens is 1. The number of nitrogens with zero attached hydrogens (tertiary/aromatic N) is 1. The molecule has 0 saturated heterocycles.